The molecule has 0 spiro atoms. The zero-order chi connectivity index (χ0) is 18.8. The number of nitrogens with zero attached hydrogens (tertiary/aromatic N) is 2. The Kier molecular flexibility index (Phi) is 3.36. The maximum Gasteiger partial charge on any atom is 0.269 e. The fraction of sp³-hybridized carbons (Fsp3) is 0.240. The Bertz CT molecular complexity index is 1160. The minimum Gasteiger partial charge on any atom is -0.292 e. The van der Waals surface area contributed by atoms with Crippen molar-refractivity contribution in [3.63, 3.8) is 0 Å². The lowest BCUT2D eigenvalue weighted by Crippen LogP contribution is -2.40. The lowest BCUT2D eigenvalue weighted by Gasteiger charge is -2.34. The van der Waals surface area contributed by atoms with E-state index in [9.17, 15) is 0 Å². The van der Waals surface area contributed by atoms with Gasteiger partial charge >= 0.3 is 0 Å². The minimum absolute atomic E-state index is 0.0301. The fourth-order valence-corrected chi connectivity index (χ4v) is 4.38. The summed E-state index contributed by atoms with van der Waals surface area (Å²) in [5.74, 6) is 0.538. The first-order valence-electron chi connectivity index (χ1n) is 9.68. The average molecular weight is 352 g/mol. The first-order valence-corrected chi connectivity index (χ1v) is 9.68. The summed E-state index contributed by atoms with van der Waals surface area (Å²) in [6.07, 6.45) is 3.62. The monoisotopic (exact) mass is 352 g/mol. The third-order valence-corrected chi connectivity index (χ3v) is 5.99. The van der Waals surface area contributed by atoms with Crippen molar-refractivity contribution < 1.29 is 4.57 Å². The van der Waals surface area contributed by atoms with Gasteiger partial charge in [0.15, 0.2) is 0 Å². The number of hydrogen-bond acceptors (Lipinski definition) is 0. The molecule has 1 aliphatic heterocycles. The van der Waals surface area contributed by atoms with Gasteiger partial charge < -0.3 is 0 Å². The Labute approximate surface area is 160 Å². The van der Waals surface area contributed by atoms with E-state index in [1.165, 1.54) is 33.4 Å². The second kappa shape index (κ2) is 5.56. The molecule has 0 fully saturated rings. The number of hydrogen-bond donors (Lipinski definition) is 0. The zero-order valence-corrected chi connectivity index (χ0v) is 16.3. The van der Waals surface area contributed by atoms with Gasteiger partial charge in [-0.25, -0.2) is 0 Å². The van der Waals surface area contributed by atoms with Gasteiger partial charge in [0, 0.05) is 5.41 Å². The van der Waals surface area contributed by atoms with Crippen molar-refractivity contribution in [2.45, 2.75) is 39.0 Å². The molecule has 4 aromatic rings. The van der Waals surface area contributed by atoms with E-state index in [0.29, 0.717) is 5.92 Å². The van der Waals surface area contributed by atoms with Crippen molar-refractivity contribution in [1.29, 1.82) is 0 Å². The van der Waals surface area contributed by atoms with E-state index < -0.39 is 0 Å². The second-order valence-corrected chi connectivity index (χ2v) is 8.33. The van der Waals surface area contributed by atoms with E-state index >= 15 is 0 Å². The largest absolute Gasteiger partial charge is 0.292 e. The Morgan fingerprint density at radius 2 is 1.56 bits per heavy atom. The maximum atomic E-state index is 3.62. The molecule has 1 aliphatic rings. The Hall–Kier alpha value is -2.87. The van der Waals surface area contributed by atoms with Crippen molar-refractivity contribution in [3.05, 3.63) is 89.7 Å². The number of imidazole rings is 1. The van der Waals surface area contributed by atoms with E-state index in [2.05, 4.69) is 110 Å². The number of para-hydroxylation sites is 2. The predicted molar refractivity (Wildman–Crippen MR) is 110 cm³/mol. The molecule has 0 saturated heterocycles. The molecule has 0 atom stereocenters. The molecule has 0 aliphatic carbocycles. The lowest BCUT2D eigenvalue weighted by molar-refractivity contribution is -0.575. The quantitative estimate of drug-likeness (QED) is 0.334. The zero-order valence-electron chi connectivity index (χ0n) is 16.3. The first-order chi connectivity index (χ1) is 13.0. The molecule has 27 heavy (non-hydrogen) atoms. The van der Waals surface area contributed by atoms with Crippen LogP contribution in [0.3, 0.4) is 0 Å². The molecule has 0 saturated carbocycles. The van der Waals surface area contributed by atoms with Crippen LogP contribution in [-0.2, 0) is 5.41 Å². The van der Waals surface area contributed by atoms with Crippen molar-refractivity contribution in [2.24, 2.45) is 0 Å². The summed E-state index contributed by atoms with van der Waals surface area (Å²) < 4.78 is 4.43. The predicted octanol–water partition coefficient (Wildman–Crippen LogP) is 5.47. The van der Waals surface area contributed by atoms with Crippen molar-refractivity contribution in [2.75, 3.05) is 0 Å². The van der Waals surface area contributed by atoms with Gasteiger partial charge in [0.2, 0.25) is 0 Å². The van der Waals surface area contributed by atoms with Gasteiger partial charge in [-0.1, -0.05) is 76.2 Å². The van der Waals surface area contributed by atoms with Crippen LogP contribution in [0.1, 0.15) is 50.3 Å². The summed E-state index contributed by atoms with van der Waals surface area (Å²) in [5.41, 5.74) is 8.87. The standard InChI is InChI=1S/C25H24N2/c1-17(2)18-12-14-19(15-13-18)26-16-27-22-10-6-5-8-20(22)25(3,4)21-9-7-11-23(26)24(21)27/h5-15,17H,1-4H3. The van der Waals surface area contributed by atoms with Gasteiger partial charge in [-0.3, -0.25) is 9.13 Å². The normalized spacial score (nSPS) is 14.6. The number of rotatable bonds is 2. The molecule has 0 radical (unpaired) electrons. The highest BCUT2D eigenvalue weighted by Gasteiger charge is 2.34. The third-order valence-electron chi connectivity index (χ3n) is 5.99. The van der Waals surface area contributed by atoms with Gasteiger partial charge in [0.05, 0.1) is 22.4 Å². The highest BCUT2D eigenvalue weighted by Crippen LogP contribution is 2.40. The van der Waals surface area contributed by atoms with Gasteiger partial charge in [-0.15, -0.1) is 0 Å². The summed E-state index contributed by atoms with van der Waals surface area (Å²) in [7, 11) is 0. The molecule has 3 aromatic carbocycles. The average Bonchev–Trinajstić information content (AvgIpc) is 3.07. The summed E-state index contributed by atoms with van der Waals surface area (Å²) in [5, 5.41) is 0. The highest BCUT2D eigenvalue weighted by atomic mass is 15.1. The van der Waals surface area contributed by atoms with Crippen LogP contribution in [0.2, 0.25) is 0 Å². The topological polar surface area (TPSA) is 8.81 Å². The molecule has 2 heterocycles. The number of fused-ring (bicyclic) bond motifs is 2. The number of benzene rings is 3. The smallest absolute Gasteiger partial charge is 0.269 e. The molecule has 5 rings (SSSR count). The van der Waals surface area contributed by atoms with Gasteiger partial charge in [-0.05, 0) is 40.8 Å². The molecule has 0 bridgehead atoms. The molecule has 1 aromatic heterocycles. The SMILES string of the molecule is CC(C)c1ccc(-n2[c-][n+]3c4c(cccc42)C(C)(C)c2ccccc2-3)cc1. The molecule has 0 N–H and O–H groups in total. The molecular weight excluding hydrogens is 328 g/mol. The summed E-state index contributed by atoms with van der Waals surface area (Å²) in [4.78, 5) is 0. The van der Waals surface area contributed by atoms with Crippen LogP contribution >= 0.6 is 0 Å². The minimum atomic E-state index is -0.0301. The fourth-order valence-electron chi connectivity index (χ4n) is 4.38. The van der Waals surface area contributed by atoms with Crippen LogP contribution in [0.5, 0.6) is 0 Å². The summed E-state index contributed by atoms with van der Waals surface area (Å²) in [6.45, 7) is 9.10. The van der Waals surface area contributed by atoms with Crippen LogP contribution in [0.25, 0.3) is 22.4 Å². The van der Waals surface area contributed by atoms with Crippen LogP contribution in [0.15, 0.2) is 66.7 Å². The molecule has 2 nitrogen and oxygen atoms in total. The van der Waals surface area contributed by atoms with Crippen molar-refractivity contribution in [3.8, 4) is 11.4 Å². The Morgan fingerprint density at radius 3 is 2.30 bits per heavy atom. The first kappa shape index (κ1) is 16.3. The van der Waals surface area contributed by atoms with Crippen LogP contribution in [0, 0.1) is 6.33 Å². The second-order valence-electron chi connectivity index (χ2n) is 8.33. The van der Waals surface area contributed by atoms with Gasteiger partial charge in [0.25, 0.3) is 6.33 Å². The van der Waals surface area contributed by atoms with Crippen LogP contribution in [-0.4, -0.2) is 4.57 Å². The van der Waals surface area contributed by atoms with Gasteiger partial charge in [0.1, 0.15) is 0 Å². The summed E-state index contributed by atoms with van der Waals surface area (Å²) in [6, 6.07) is 24.2. The molecular formula is C25H24N2. The Morgan fingerprint density at radius 1 is 0.852 bits per heavy atom. The van der Waals surface area contributed by atoms with E-state index in [4.69, 9.17) is 0 Å². The van der Waals surface area contributed by atoms with E-state index in [-0.39, 0.29) is 5.41 Å². The molecule has 0 amide bonds. The van der Waals surface area contributed by atoms with Crippen molar-refractivity contribution in [1.82, 2.24) is 4.57 Å². The lowest BCUT2D eigenvalue weighted by atomic mass is 9.75. The molecule has 134 valence electrons. The molecule has 0 unspecified atom stereocenters. The van der Waals surface area contributed by atoms with E-state index in [0.717, 1.165) is 5.69 Å². The van der Waals surface area contributed by atoms with E-state index in [1.807, 2.05) is 0 Å². The maximum absolute atomic E-state index is 3.62. The Balaban J connectivity index is 1.82. The summed E-state index contributed by atoms with van der Waals surface area (Å²) >= 11 is 0. The van der Waals surface area contributed by atoms with Gasteiger partial charge in [-0.2, -0.15) is 0 Å². The third kappa shape index (κ3) is 2.22. The van der Waals surface area contributed by atoms with Crippen molar-refractivity contribution >= 4 is 11.0 Å². The highest BCUT2D eigenvalue weighted by molar-refractivity contribution is 5.81. The molecule has 2 heteroatoms. The van der Waals surface area contributed by atoms with E-state index in [1.54, 1.807) is 0 Å². The van der Waals surface area contributed by atoms with Crippen LogP contribution in [0.4, 0.5) is 0 Å². The number of aromatic nitrogens is 2. The van der Waals surface area contributed by atoms with Crippen LogP contribution < -0.4 is 4.57 Å².